The predicted molar refractivity (Wildman–Crippen MR) is 68.5 cm³/mol. The standard InChI is InChI=1S/C12H8O10S2.4Li/c13-11(14)7-5-3-1-2-4-6(5)9(23(17,18)19)10(24(20,21)22)8(7)12(15)16;;;;/h1-4H,(H,13,14)(H,15,16)(H,17,18,19)(H,20,21,22);;;;/q;4*+1/p-4. The first-order chi connectivity index (χ1) is 10.9. The van der Waals surface area contributed by atoms with E-state index in [2.05, 4.69) is 0 Å². The van der Waals surface area contributed by atoms with E-state index in [4.69, 9.17) is 0 Å². The van der Waals surface area contributed by atoms with Crippen molar-refractivity contribution in [3.8, 4) is 0 Å². The molecule has 128 valence electrons. The SMILES string of the molecule is O=C([O-])c1c(S(=O)(=O)[O-])c(S(=O)(=O)[O-])c2ccccc2c1C(=O)[O-].[Li+].[Li+].[Li+].[Li+]. The molecule has 2 aromatic rings. The third-order valence-corrected chi connectivity index (χ3v) is 4.99. The summed E-state index contributed by atoms with van der Waals surface area (Å²) in [6.07, 6.45) is 0. The van der Waals surface area contributed by atoms with Crippen LogP contribution in [0, 0.1) is 0 Å². The molecule has 0 bridgehead atoms. The molecule has 0 saturated carbocycles. The van der Waals surface area contributed by atoms with Gasteiger partial charge in [0, 0.05) is 16.5 Å². The summed E-state index contributed by atoms with van der Waals surface area (Å²) in [4.78, 5) is 18.8. The van der Waals surface area contributed by atoms with Crippen LogP contribution in [-0.4, -0.2) is 37.9 Å². The molecule has 0 aliphatic heterocycles. The molecule has 16 heteroatoms. The number of rotatable bonds is 4. The normalized spacial score (nSPS) is 10.5. The van der Waals surface area contributed by atoms with Gasteiger partial charge >= 0.3 is 75.4 Å². The molecule has 28 heavy (non-hydrogen) atoms. The predicted octanol–water partition coefficient (Wildman–Crippen LogP) is -14.6. The molecular formula is C12H4Li4O10S2. The number of fused-ring (bicyclic) bond motifs is 1. The first-order valence-corrected chi connectivity index (χ1v) is 8.62. The van der Waals surface area contributed by atoms with Crippen LogP contribution >= 0.6 is 0 Å². The van der Waals surface area contributed by atoms with Gasteiger partial charge in [-0.3, -0.25) is 0 Å². The van der Waals surface area contributed by atoms with Gasteiger partial charge in [0.2, 0.25) is 0 Å². The Hall–Kier alpha value is -0.150. The summed E-state index contributed by atoms with van der Waals surface area (Å²) in [6.45, 7) is 0. The van der Waals surface area contributed by atoms with Gasteiger partial charge in [-0.25, -0.2) is 16.8 Å². The van der Waals surface area contributed by atoms with E-state index in [0.29, 0.717) is 0 Å². The van der Waals surface area contributed by atoms with Gasteiger partial charge in [0.25, 0.3) is 0 Å². The minimum atomic E-state index is -5.88. The van der Waals surface area contributed by atoms with Gasteiger partial charge in [-0.05, 0) is 5.39 Å². The molecule has 0 spiro atoms. The summed E-state index contributed by atoms with van der Waals surface area (Å²) in [5, 5.41) is 21.1. The number of carbonyl (C=O) groups excluding carboxylic acids is 2. The van der Waals surface area contributed by atoms with Crippen molar-refractivity contribution >= 4 is 42.9 Å². The van der Waals surface area contributed by atoms with Gasteiger partial charge in [0.1, 0.15) is 20.2 Å². The largest absolute Gasteiger partial charge is 1.00 e. The monoisotopic (exact) mass is 400 g/mol. The molecular weight excluding hydrogens is 396 g/mol. The zero-order valence-corrected chi connectivity index (χ0v) is 16.8. The number of hydrogen-bond donors (Lipinski definition) is 0. The van der Waals surface area contributed by atoms with Crippen molar-refractivity contribution in [3.63, 3.8) is 0 Å². The van der Waals surface area contributed by atoms with Crippen molar-refractivity contribution in [2.75, 3.05) is 0 Å². The minimum Gasteiger partial charge on any atom is -0.744 e. The Bertz CT molecular complexity index is 1110. The van der Waals surface area contributed by atoms with Crippen LogP contribution in [0.2, 0.25) is 0 Å². The van der Waals surface area contributed by atoms with Gasteiger partial charge in [-0.15, -0.1) is 0 Å². The molecule has 0 heterocycles. The van der Waals surface area contributed by atoms with Crippen LogP contribution in [0.1, 0.15) is 20.7 Å². The number of carboxylic acids is 2. The van der Waals surface area contributed by atoms with E-state index in [1.807, 2.05) is 0 Å². The zero-order chi connectivity index (χ0) is 18.4. The second-order valence-electron chi connectivity index (χ2n) is 4.44. The fourth-order valence-corrected chi connectivity index (χ4v) is 4.44. The van der Waals surface area contributed by atoms with Crippen LogP contribution in [-0.2, 0) is 20.2 Å². The Morgan fingerprint density at radius 3 is 1.32 bits per heavy atom. The molecule has 0 atom stereocenters. The summed E-state index contributed by atoms with van der Waals surface area (Å²) in [5.41, 5.74) is -3.04. The van der Waals surface area contributed by atoms with E-state index < -0.39 is 63.9 Å². The molecule has 0 radical (unpaired) electrons. The fourth-order valence-electron chi connectivity index (χ4n) is 2.28. The minimum absolute atomic E-state index is 0. The molecule has 0 unspecified atom stereocenters. The second-order valence-corrected chi connectivity index (χ2v) is 7.07. The Kier molecular flexibility index (Phi) is 13.1. The van der Waals surface area contributed by atoms with E-state index in [1.165, 1.54) is 6.07 Å². The molecule has 0 fully saturated rings. The first kappa shape index (κ1) is 32.5. The Balaban J connectivity index is -0.00000156. The number of carbonyl (C=O) groups is 2. The van der Waals surface area contributed by atoms with Crippen molar-refractivity contribution in [3.05, 3.63) is 35.4 Å². The quantitative estimate of drug-likeness (QED) is 0.351. The first-order valence-electron chi connectivity index (χ1n) is 5.80. The number of benzene rings is 2. The van der Waals surface area contributed by atoms with Crippen LogP contribution in [0.3, 0.4) is 0 Å². The smallest absolute Gasteiger partial charge is 0.744 e. The van der Waals surface area contributed by atoms with Crippen molar-refractivity contribution in [2.45, 2.75) is 9.79 Å². The third-order valence-electron chi connectivity index (χ3n) is 3.03. The second kappa shape index (κ2) is 11.3. The van der Waals surface area contributed by atoms with Crippen molar-refractivity contribution in [1.82, 2.24) is 0 Å². The number of hydrogen-bond acceptors (Lipinski definition) is 10. The van der Waals surface area contributed by atoms with E-state index in [1.54, 1.807) is 0 Å². The summed E-state index contributed by atoms with van der Waals surface area (Å²) >= 11 is 0. The average Bonchev–Trinajstić information content (AvgIpc) is 2.41. The topological polar surface area (TPSA) is 195 Å². The van der Waals surface area contributed by atoms with E-state index in [9.17, 15) is 45.7 Å². The molecule has 2 rings (SSSR count). The summed E-state index contributed by atoms with van der Waals surface area (Å²) < 4.78 is 68.4. The molecule has 0 aliphatic rings. The van der Waals surface area contributed by atoms with Crippen LogP contribution in [0.25, 0.3) is 10.8 Å². The van der Waals surface area contributed by atoms with E-state index in [0.717, 1.165) is 18.2 Å². The molecule has 0 amide bonds. The Morgan fingerprint density at radius 1 is 0.643 bits per heavy atom. The van der Waals surface area contributed by atoms with Crippen LogP contribution in [0.5, 0.6) is 0 Å². The third kappa shape index (κ3) is 6.17. The molecule has 0 aromatic heterocycles. The van der Waals surface area contributed by atoms with Gasteiger partial charge in [0.05, 0.1) is 21.7 Å². The van der Waals surface area contributed by atoms with Gasteiger partial charge in [-0.1, -0.05) is 24.3 Å². The molecule has 10 nitrogen and oxygen atoms in total. The maximum absolute atomic E-state index is 11.4. The van der Waals surface area contributed by atoms with Crippen molar-refractivity contribution in [2.24, 2.45) is 0 Å². The zero-order valence-electron chi connectivity index (χ0n) is 15.2. The average molecular weight is 400 g/mol. The Morgan fingerprint density at radius 2 is 1.00 bits per heavy atom. The van der Waals surface area contributed by atoms with Gasteiger partial charge in [0.15, 0.2) is 0 Å². The van der Waals surface area contributed by atoms with E-state index >= 15 is 0 Å². The van der Waals surface area contributed by atoms with Gasteiger partial charge in [-0.2, -0.15) is 0 Å². The van der Waals surface area contributed by atoms with Crippen LogP contribution in [0.15, 0.2) is 34.1 Å². The van der Waals surface area contributed by atoms with Crippen molar-refractivity contribution in [1.29, 1.82) is 0 Å². The van der Waals surface area contributed by atoms with Crippen LogP contribution in [0.4, 0.5) is 0 Å². The summed E-state index contributed by atoms with van der Waals surface area (Å²) in [5.74, 6) is -4.68. The number of carboxylic acid groups (broad SMARTS) is 2. The number of aromatic carboxylic acids is 2. The Labute approximate surface area is 207 Å². The van der Waals surface area contributed by atoms with E-state index in [-0.39, 0.29) is 75.4 Å². The molecule has 2 aromatic carbocycles. The van der Waals surface area contributed by atoms with Crippen LogP contribution < -0.4 is 85.7 Å². The fraction of sp³-hybridized carbons (Fsp3) is 0. The maximum atomic E-state index is 11.4. The summed E-state index contributed by atoms with van der Waals surface area (Å²) in [7, 11) is -11.6. The van der Waals surface area contributed by atoms with Gasteiger partial charge < -0.3 is 28.9 Å². The van der Waals surface area contributed by atoms with Crippen molar-refractivity contribution < 1.29 is 121 Å². The molecule has 0 aliphatic carbocycles. The molecule has 0 saturated heterocycles. The summed E-state index contributed by atoms with van der Waals surface area (Å²) in [6, 6.07) is 4.06. The molecule has 0 N–H and O–H groups in total. The maximum Gasteiger partial charge on any atom is 1.00 e.